The van der Waals surface area contributed by atoms with Crippen molar-refractivity contribution < 1.29 is 4.39 Å². The van der Waals surface area contributed by atoms with Crippen LogP contribution in [0.2, 0.25) is 0 Å². The molecular weight excluding hydrogens is 411 g/mol. The maximum absolute atomic E-state index is 11.9. The van der Waals surface area contributed by atoms with Gasteiger partial charge in [0.2, 0.25) is 0 Å². The molecule has 1 aromatic rings. The monoisotopic (exact) mass is 446 g/mol. The summed E-state index contributed by atoms with van der Waals surface area (Å²) in [7, 11) is 0. The average Bonchev–Trinajstić information content (AvgIpc) is 2.60. The van der Waals surface area contributed by atoms with E-state index in [4.69, 9.17) is 0 Å². The highest BCUT2D eigenvalue weighted by atomic mass is 79.9. The van der Waals surface area contributed by atoms with Gasteiger partial charge in [-0.2, -0.15) is 0 Å². The standard InChI is InChI=1S/C10H15Br.C10H16.C6H5F/c11-10-4-7-1-8(5-10)3-9(2-7)6-10;1-7-2-9-4-8(1)5-10(3-7)6-9;7-6-4-2-1-3-5-6/h7-9H,1-6H2;7-10H,1-6H2;1-5H. The van der Waals surface area contributed by atoms with E-state index in [-0.39, 0.29) is 5.82 Å². The van der Waals surface area contributed by atoms with Gasteiger partial charge in [0.15, 0.2) is 0 Å². The molecule has 8 aliphatic carbocycles. The van der Waals surface area contributed by atoms with Gasteiger partial charge >= 0.3 is 0 Å². The molecule has 0 saturated heterocycles. The highest BCUT2D eigenvalue weighted by Crippen LogP contribution is 2.59. The molecule has 8 aliphatic rings. The van der Waals surface area contributed by atoms with Gasteiger partial charge in [0.05, 0.1) is 0 Å². The van der Waals surface area contributed by atoms with Gasteiger partial charge in [-0.25, -0.2) is 4.39 Å². The Kier molecular flexibility index (Phi) is 5.63. The van der Waals surface area contributed by atoms with Crippen molar-refractivity contribution in [2.75, 3.05) is 0 Å². The predicted octanol–water partition coefficient (Wildman–Crippen LogP) is 8.01. The van der Waals surface area contributed by atoms with E-state index >= 15 is 0 Å². The second kappa shape index (κ2) is 8.05. The van der Waals surface area contributed by atoms with Crippen LogP contribution in [0, 0.1) is 47.2 Å². The summed E-state index contributed by atoms with van der Waals surface area (Å²) in [5.74, 6) is 7.82. The van der Waals surface area contributed by atoms with Crippen molar-refractivity contribution in [2.45, 2.75) is 81.4 Å². The van der Waals surface area contributed by atoms with Crippen LogP contribution in [-0.2, 0) is 0 Å². The Bertz CT molecular complexity index is 562. The van der Waals surface area contributed by atoms with Crippen LogP contribution in [0.3, 0.4) is 0 Å². The van der Waals surface area contributed by atoms with E-state index in [1.54, 1.807) is 76.0 Å². The lowest BCUT2D eigenvalue weighted by molar-refractivity contribution is 0.0198. The van der Waals surface area contributed by atoms with Gasteiger partial charge in [0, 0.05) is 4.32 Å². The number of halogens is 2. The number of benzene rings is 1. The van der Waals surface area contributed by atoms with Crippen LogP contribution in [0.4, 0.5) is 4.39 Å². The molecule has 0 aliphatic heterocycles. The molecule has 0 heterocycles. The van der Waals surface area contributed by atoms with Crippen LogP contribution in [-0.4, -0.2) is 4.32 Å². The lowest BCUT2D eigenvalue weighted by atomic mass is 9.56. The van der Waals surface area contributed by atoms with Crippen molar-refractivity contribution in [3.63, 3.8) is 0 Å². The minimum atomic E-state index is -0.178. The largest absolute Gasteiger partial charge is 0.207 e. The maximum Gasteiger partial charge on any atom is 0.123 e. The van der Waals surface area contributed by atoms with E-state index in [9.17, 15) is 4.39 Å². The van der Waals surface area contributed by atoms with Crippen molar-refractivity contribution in [3.8, 4) is 0 Å². The van der Waals surface area contributed by atoms with E-state index in [1.807, 2.05) is 0 Å². The van der Waals surface area contributed by atoms with E-state index in [1.165, 1.54) is 55.1 Å². The van der Waals surface area contributed by atoms with Crippen molar-refractivity contribution in [1.29, 1.82) is 0 Å². The van der Waals surface area contributed by atoms with Gasteiger partial charge in [-0.1, -0.05) is 34.1 Å². The van der Waals surface area contributed by atoms with E-state index in [0.717, 1.165) is 17.8 Å². The second-order valence-corrected chi connectivity index (χ2v) is 12.9. The Hall–Kier alpha value is -0.370. The third kappa shape index (κ3) is 4.52. The minimum Gasteiger partial charge on any atom is -0.207 e. The van der Waals surface area contributed by atoms with E-state index in [0.29, 0.717) is 4.32 Å². The fraction of sp³-hybridized carbons (Fsp3) is 0.769. The number of hydrogen-bond acceptors (Lipinski definition) is 0. The molecule has 0 aromatic heterocycles. The maximum atomic E-state index is 11.9. The van der Waals surface area contributed by atoms with E-state index < -0.39 is 0 Å². The second-order valence-electron chi connectivity index (χ2n) is 11.2. The zero-order valence-corrected chi connectivity index (χ0v) is 18.8. The first-order valence-corrected chi connectivity index (χ1v) is 12.7. The van der Waals surface area contributed by atoms with Gasteiger partial charge in [0.25, 0.3) is 0 Å². The fourth-order valence-electron chi connectivity index (χ4n) is 8.40. The SMILES string of the molecule is BrC12CC3CC(CC(C3)C1)C2.C1C2CC3CC1CC(C2)C3.Fc1ccccc1. The summed E-state index contributed by atoms with van der Waals surface area (Å²) in [6.45, 7) is 0. The summed E-state index contributed by atoms with van der Waals surface area (Å²) < 4.78 is 12.5. The molecular formula is C26H36BrF. The third-order valence-corrected chi connectivity index (χ3v) is 9.67. The Morgan fingerprint density at radius 3 is 1.14 bits per heavy atom. The molecule has 1 aromatic carbocycles. The lowest BCUT2D eigenvalue weighted by Crippen LogP contribution is -2.46. The highest BCUT2D eigenvalue weighted by molar-refractivity contribution is 9.10. The first-order chi connectivity index (χ1) is 13.5. The molecule has 8 saturated carbocycles. The van der Waals surface area contributed by atoms with Crippen LogP contribution >= 0.6 is 15.9 Å². The Labute approximate surface area is 179 Å². The molecule has 154 valence electrons. The summed E-state index contributed by atoms with van der Waals surface area (Å²) >= 11 is 3.96. The normalized spacial score (nSPS) is 46.4. The average molecular weight is 447 g/mol. The summed E-state index contributed by atoms with van der Waals surface area (Å²) in [6, 6.07) is 7.94. The lowest BCUT2D eigenvalue weighted by Gasteiger charge is -2.54. The minimum absolute atomic E-state index is 0.178. The molecule has 0 atom stereocenters. The van der Waals surface area contributed by atoms with Gasteiger partial charge in [-0.3, -0.25) is 0 Å². The highest BCUT2D eigenvalue weighted by Gasteiger charge is 2.49. The van der Waals surface area contributed by atoms with Gasteiger partial charge in [0.1, 0.15) is 5.82 Å². The van der Waals surface area contributed by atoms with Gasteiger partial charge < -0.3 is 0 Å². The molecule has 0 N–H and O–H groups in total. The smallest absolute Gasteiger partial charge is 0.123 e. The summed E-state index contributed by atoms with van der Waals surface area (Å²) in [5, 5.41) is 0. The quantitative estimate of drug-likeness (QED) is 0.353. The van der Waals surface area contributed by atoms with Gasteiger partial charge in [-0.15, -0.1) is 0 Å². The van der Waals surface area contributed by atoms with Gasteiger partial charge in [-0.05, 0) is 131 Å². The molecule has 0 amide bonds. The first-order valence-electron chi connectivity index (χ1n) is 11.9. The molecule has 9 rings (SSSR count). The summed E-state index contributed by atoms with van der Waals surface area (Å²) in [6.07, 6.45) is 18.8. The summed E-state index contributed by atoms with van der Waals surface area (Å²) in [5.41, 5.74) is 0. The Morgan fingerprint density at radius 2 is 0.893 bits per heavy atom. The number of hydrogen-bond donors (Lipinski definition) is 0. The molecule has 0 nitrogen and oxygen atoms in total. The number of alkyl halides is 1. The topological polar surface area (TPSA) is 0 Å². The van der Waals surface area contributed by atoms with Crippen LogP contribution in [0.1, 0.15) is 77.0 Å². The van der Waals surface area contributed by atoms with Crippen molar-refractivity contribution in [2.24, 2.45) is 41.4 Å². The molecule has 0 spiro atoms. The fourth-order valence-corrected chi connectivity index (χ4v) is 9.78. The van der Waals surface area contributed by atoms with Crippen LogP contribution in [0.15, 0.2) is 30.3 Å². The van der Waals surface area contributed by atoms with Crippen molar-refractivity contribution in [1.82, 2.24) is 0 Å². The molecule has 8 fully saturated rings. The van der Waals surface area contributed by atoms with Crippen molar-refractivity contribution >= 4 is 15.9 Å². The third-order valence-electron chi connectivity index (χ3n) is 8.70. The number of rotatable bonds is 0. The van der Waals surface area contributed by atoms with Crippen LogP contribution in [0.5, 0.6) is 0 Å². The summed E-state index contributed by atoms with van der Waals surface area (Å²) in [4.78, 5) is 0. The Morgan fingerprint density at radius 1 is 0.571 bits per heavy atom. The van der Waals surface area contributed by atoms with Crippen molar-refractivity contribution in [3.05, 3.63) is 36.1 Å². The van der Waals surface area contributed by atoms with Crippen LogP contribution < -0.4 is 0 Å². The van der Waals surface area contributed by atoms with E-state index in [2.05, 4.69) is 15.9 Å². The first kappa shape index (κ1) is 19.6. The molecule has 28 heavy (non-hydrogen) atoms. The Balaban J connectivity index is 0.0000000941. The zero-order chi connectivity index (χ0) is 19.1. The zero-order valence-electron chi connectivity index (χ0n) is 17.2. The molecule has 2 heteroatoms. The van der Waals surface area contributed by atoms with Crippen LogP contribution in [0.25, 0.3) is 0 Å². The predicted molar refractivity (Wildman–Crippen MR) is 118 cm³/mol. The molecule has 0 unspecified atom stereocenters. The molecule has 0 radical (unpaired) electrons. The molecule has 8 bridgehead atoms.